The number of alkyl halides is 1. The second-order valence-corrected chi connectivity index (χ2v) is 16.8. The zero-order valence-electron chi connectivity index (χ0n) is 72.9. The number of nitrogens with zero attached hydrogens (tertiary/aromatic N) is 1. The van der Waals surface area contributed by atoms with Crippen molar-refractivity contribution in [2.75, 3.05) is 11.5 Å². The fourth-order valence-electron chi connectivity index (χ4n) is 4.18. The number of amides is 1. The summed E-state index contributed by atoms with van der Waals surface area (Å²) in [5, 5.41) is 11.0. The van der Waals surface area contributed by atoms with Gasteiger partial charge in [-0.3, -0.25) is 4.79 Å². The van der Waals surface area contributed by atoms with E-state index in [0.717, 1.165) is 0 Å². The zero-order chi connectivity index (χ0) is 98.5. The number of benzene rings is 1. The third kappa shape index (κ3) is 266. The molecule has 1 amide bonds. The van der Waals surface area contributed by atoms with Gasteiger partial charge in [0.1, 0.15) is 0 Å². The third-order valence-corrected chi connectivity index (χ3v) is 8.32. The summed E-state index contributed by atoms with van der Waals surface area (Å²) in [7, 11) is 0. The molecular formula is C137H146ClIN2O5. The number of halogens is 2. The molecule has 1 unspecified atom stereocenters. The molecule has 1 heterocycles. The monoisotopic (exact) mass is 2060 g/mol. The van der Waals surface area contributed by atoms with Gasteiger partial charge < -0.3 is 21.6 Å². The molecule has 1 aromatic carbocycles. The van der Waals surface area contributed by atoms with Crippen molar-refractivity contribution < 1.29 is 15.4 Å². The summed E-state index contributed by atoms with van der Waals surface area (Å²) >= 11 is 8.23. The number of aliphatic hydroxyl groups is 1. The van der Waals surface area contributed by atoms with Gasteiger partial charge >= 0.3 is 0 Å². The van der Waals surface area contributed by atoms with Crippen LogP contribution in [0.1, 0.15) is 236 Å². The van der Waals surface area contributed by atoms with E-state index in [4.69, 9.17) is 92.2 Å². The van der Waals surface area contributed by atoms with Gasteiger partial charge in [-0.1, -0.05) is 265 Å². The van der Waals surface area contributed by atoms with Crippen molar-refractivity contribution in [3.05, 3.63) is 56.9 Å². The summed E-state index contributed by atoms with van der Waals surface area (Å²) in [5.41, 5.74) is -0.915. The molecule has 0 fully saturated rings. The van der Waals surface area contributed by atoms with Gasteiger partial charge in [0, 0.05) is 28.1 Å². The van der Waals surface area contributed by atoms with E-state index >= 15 is 0 Å². The number of hydrogen-bond acceptors (Lipinski definition) is 5. The van der Waals surface area contributed by atoms with Crippen molar-refractivity contribution in [2.45, 2.75) is 236 Å². The van der Waals surface area contributed by atoms with E-state index in [1.807, 2.05) is 50.8 Å². The zero-order valence-corrected chi connectivity index (χ0v) is 75.8. The van der Waals surface area contributed by atoms with Gasteiger partial charge in [0.05, 0.1) is 5.03 Å². The van der Waals surface area contributed by atoms with E-state index in [9.17, 15) is 9.90 Å². The Hall–Kier alpha value is -21.3. The molecule has 2 rings (SSSR count). The standard InChI is InChI=1S/C14H16ClNO2.C14H2.C13H4.C12H6.C11H4.C10H2.C9H4.C8H6.C7H4.C6H2.C5H4.C4H6.C3H4.C2H2.CH3I.18CH4.H3N.O2.H2O/c1-10(2)9-16-13(17)8-12(15)14(16,18)11-6-4-3-5-7-11;1-3-5-7-9-11-13-14-12-10-8-6-4-2;1-3-5-7-9-11-13-12-10-8-6-4-2;1-3-5-7-9-11-12-10-8-6-4-2;1-3-5-7-9-11-10-8-6-4-2;1-3-5-7-9-10-8-6-4-2;1-3-5-7-9-8-6-4-2;1-3-5-7-8-6-4-2;1-3-5-7-6-4-2;1-3-5-6-4-2;1-3-5-4-2;1-3-4-2;1-3-2;2*1-2;;;;;;;;;;;;;;;;;;;;1-2;/h3-8,10,18H,9H2,1-2H3;1-2H;1H,2H3;1-2H3;1H,2H3;1-2H;1H,2H3;1-2H3;1H,2H3;1-2H;1H,2H3;1-2H3;1H,2H3;1-2H;1H3;18*1H4;1H3;;1H2. The molecule has 146 heavy (non-hydrogen) atoms. The second-order valence-electron chi connectivity index (χ2n) is 16.4. The summed E-state index contributed by atoms with van der Waals surface area (Å²) in [5.74, 6) is 189. The molecule has 7 nitrogen and oxygen atoms in total. The Morgan fingerprint density at radius 2 is 0.390 bits per heavy atom. The number of rotatable bonds is 3. The van der Waals surface area contributed by atoms with Crippen molar-refractivity contribution in [1.82, 2.24) is 11.1 Å². The maximum Gasteiger partial charge on any atom is 0.250 e. The Kier molecular flexibility index (Phi) is 412. The highest BCUT2D eigenvalue weighted by Crippen LogP contribution is 2.40. The summed E-state index contributed by atoms with van der Waals surface area (Å²) in [6, 6.07) is 9.01. The van der Waals surface area contributed by atoms with Crippen molar-refractivity contribution in [1.29, 1.82) is 0 Å². The van der Waals surface area contributed by atoms with E-state index in [0.29, 0.717) is 12.1 Å². The summed E-state index contributed by atoms with van der Waals surface area (Å²) < 4.78 is 0. The van der Waals surface area contributed by atoms with Gasteiger partial charge in [-0.2, -0.15) is 0 Å². The molecule has 0 aromatic heterocycles. The first-order valence-corrected chi connectivity index (χ1v) is 35.3. The van der Waals surface area contributed by atoms with Crippen LogP contribution in [0.2, 0.25) is 0 Å². The minimum atomic E-state index is -1.52. The quantitative estimate of drug-likeness (QED) is 0.176. The van der Waals surface area contributed by atoms with Crippen LogP contribution in [0.25, 0.3) is 0 Å². The first-order chi connectivity index (χ1) is 61.4. The molecule has 6 N–H and O–H groups in total. The summed E-state index contributed by atoms with van der Waals surface area (Å²) in [4.78, 5) is 29.3. The highest BCUT2D eigenvalue weighted by molar-refractivity contribution is 14.1. The minimum absolute atomic E-state index is 0. The number of carbonyl (C=O) groups excluding carboxylic acids is 1. The van der Waals surface area contributed by atoms with Gasteiger partial charge in [0.25, 0.3) is 5.91 Å². The number of terminal acetylenes is 13. The third-order valence-electron chi connectivity index (χ3n) is 7.95. The highest BCUT2D eigenvalue weighted by Gasteiger charge is 2.47. The summed E-state index contributed by atoms with van der Waals surface area (Å²) in [6.07, 6.45) is 66.6. The average Bonchev–Trinajstić information content (AvgIpc) is 1.61. The molecule has 0 bridgehead atoms. The van der Waals surface area contributed by atoms with Crippen LogP contribution in [0.5, 0.6) is 0 Å². The lowest BCUT2D eigenvalue weighted by atomic mass is 10.0. The molecule has 0 spiro atoms. The van der Waals surface area contributed by atoms with Crippen LogP contribution >= 0.6 is 34.2 Å². The Morgan fingerprint density at radius 1 is 0.267 bits per heavy atom. The first kappa shape index (κ1) is 232. The lowest BCUT2D eigenvalue weighted by Gasteiger charge is -2.36. The molecule has 1 aromatic rings. The lowest BCUT2D eigenvalue weighted by molar-refractivity contribution is -0.144. The van der Waals surface area contributed by atoms with Crippen LogP contribution in [0, 0.1) is 568 Å². The first-order valence-electron chi connectivity index (χ1n) is 32.8. The molecular weight excluding hydrogens is 1920 g/mol. The maximum absolute atomic E-state index is 11.9. The molecule has 0 saturated heterocycles. The molecule has 1 aliphatic heterocycles. The van der Waals surface area contributed by atoms with E-state index in [1.165, 1.54) is 11.0 Å². The van der Waals surface area contributed by atoms with Gasteiger partial charge in [0.2, 0.25) is 5.72 Å². The van der Waals surface area contributed by atoms with Crippen LogP contribution in [0.4, 0.5) is 0 Å². The van der Waals surface area contributed by atoms with E-state index in [2.05, 4.69) is 504 Å². The number of carbonyl (C=O) groups is 1. The van der Waals surface area contributed by atoms with Crippen LogP contribution in [0.15, 0.2) is 41.4 Å². The lowest BCUT2D eigenvalue weighted by Crippen LogP contribution is -2.46. The van der Waals surface area contributed by atoms with Gasteiger partial charge in [-0.05, 0) is 485 Å². The SMILES string of the molecule is C.C.C.C.C.C.C.C.C.C.C.C.C.C.C.C.C.C.C#C.C#CC.C#CC#CC.C#CC#CC#C.C#CC#CC#CC.C#CC#CC#CC#CC.C#CC#CC#CC#CC#C.C#CC#CC#CC#CC#CC.C#CC#CC#CC#CC#CC#CC.C#CC#CC#CC#CC#CC#CC#C.CC#CC.CC#CC#CC#CC.CC#CC#CC#CC#CC#CC.CC(C)CN1C(=O)C=C(Cl)C1(O)c1ccccc1.CI.N.O.O=O. The van der Waals surface area contributed by atoms with Gasteiger partial charge in [-0.25, -0.2) is 0 Å². The maximum atomic E-state index is 11.9. The molecule has 0 radical (unpaired) electrons. The predicted molar refractivity (Wildman–Crippen MR) is 668 cm³/mol. The Labute approximate surface area is 922 Å². The highest BCUT2D eigenvalue weighted by atomic mass is 127. The largest absolute Gasteiger partial charge is 0.412 e. The average molecular weight is 2060 g/mol. The Morgan fingerprint density at radius 3 is 0.507 bits per heavy atom. The van der Waals surface area contributed by atoms with Gasteiger partial charge in [0.15, 0.2) is 0 Å². The van der Waals surface area contributed by atoms with E-state index < -0.39 is 5.72 Å². The van der Waals surface area contributed by atoms with Crippen LogP contribution in [-0.4, -0.2) is 32.9 Å². The van der Waals surface area contributed by atoms with Crippen LogP contribution < -0.4 is 6.15 Å². The minimum Gasteiger partial charge on any atom is -0.412 e. The summed E-state index contributed by atoms with van der Waals surface area (Å²) in [6.45, 7) is 25.2. The van der Waals surface area contributed by atoms with Crippen LogP contribution in [-0.2, 0) is 10.5 Å². The fraction of sp³-hybridized carbons (Fsp3) is 0.263. The fourth-order valence-corrected chi connectivity index (χ4v) is 4.49. The molecule has 0 aliphatic carbocycles. The number of hydrogen-bond donors (Lipinski definition) is 2. The topological polar surface area (TPSA) is 141 Å². The second kappa shape index (κ2) is 260. The van der Waals surface area contributed by atoms with E-state index in [1.54, 1.807) is 81.4 Å². The molecule has 748 valence electrons. The van der Waals surface area contributed by atoms with Crippen LogP contribution in [0.3, 0.4) is 0 Å². The van der Waals surface area contributed by atoms with Crippen molar-refractivity contribution in [3.8, 4) is 552 Å². The molecule has 1 aliphatic rings. The Balaban J connectivity index is -0.0000000291. The van der Waals surface area contributed by atoms with Crippen molar-refractivity contribution in [2.24, 2.45) is 5.92 Å². The smallest absolute Gasteiger partial charge is 0.250 e. The van der Waals surface area contributed by atoms with Crippen molar-refractivity contribution in [3.63, 3.8) is 0 Å². The molecule has 0 saturated carbocycles. The van der Waals surface area contributed by atoms with E-state index in [-0.39, 0.29) is 162 Å². The Bertz CT molecular complexity index is 6550. The molecule has 1 atom stereocenters. The van der Waals surface area contributed by atoms with Gasteiger partial charge in [-0.15, -0.1) is 108 Å². The predicted octanol–water partition coefficient (Wildman–Crippen LogP) is 22.4. The molecule has 9 heteroatoms. The normalized spacial score (nSPS) is 5.47. The van der Waals surface area contributed by atoms with Crippen molar-refractivity contribution >= 4 is 40.1 Å².